The van der Waals surface area contributed by atoms with Gasteiger partial charge in [0, 0.05) is 38.6 Å². The van der Waals surface area contributed by atoms with E-state index in [0.29, 0.717) is 13.2 Å². The zero-order valence-electron chi connectivity index (χ0n) is 21.6. The van der Waals surface area contributed by atoms with Crippen molar-refractivity contribution in [3.63, 3.8) is 0 Å². The van der Waals surface area contributed by atoms with Crippen LogP contribution in [0, 0.1) is 12.8 Å². The average molecular weight is 472 g/mol. The molecule has 1 aliphatic heterocycles. The Kier molecular flexibility index (Phi) is 10.8. The third-order valence-electron chi connectivity index (χ3n) is 6.89. The number of hydrogen-bond acceptors (Lipinski definition) is 6. The van der Waals surface area contributed by atoms with Gasteiger partial charge in [0.2, 0.25) is 0 Å². The smallest absolute Gasteiger partial charge is 0.194 e. The molecule has 3 rings (SSSR count). The Labute approximate surface area is 206 Å². The molecule has 0 saturated carbocycles. The molecule has 6 nitrogen and oxygen atoms in total. The molecule has 1 fully saturated rings. The molecular formula is C28H45N3O3. The summed E-state index contributed by atoms with van der Waals surface area (Å²) in [6.45, 7) is 11.3. The molecule has 190 valence electrons. The molecule has 1 aliphatic carbocycles. The number of aliphatic hydroxyl groups is 1. The molecule has 0 amide bonds. The van der Waals surface area contributed by atoms with E-state index in [1.54, 1.807) is 0 Å². The van der Waals surface area contributed by atoms with Crippen LogP contribution in [0.15, 0.2) is 42.5 Å². The maximum atomic E-state index is 9.78. The molecule has 0 spiro atoms. The summed E-state index contributed by atoms with van der Waals surface area (Å²) in [5.41, 5.74) is 3.78. The number of rotatable bonds is 14. The molecule has 3 atom stereocenters. The Bertz CT molecular complexity index is 810. The van der Waals surface area contributed by atoms with E-state index < -0.39 is 5.79 Å². The number of ether oxygens (including phenoxy) is 2. The van der Waals surface area contributed by atoms with E-state index in [1.165, 1.54) is 16.7 Å². The number of allylic oxidation sites excluding steroid dienone is 2. The van der Waals surface area contributed by atoms with E-state index in [4.69, 9.17) is 9.47 Å². The Morgan fingerprint density at radius 2 is 1.91 bits per heavy atom. The molecule has 0 bridgehead atoms. The van der Waals surface area contributed by atoms with E-state index in [1.807, 2.05) is 0 Å². The van der Waals surface area contributed by atoms with Crippen molar-refractivity contribution < 1.29 is 14.6 Å². The van der Waals surface area contributed by atoms with Crippen LogP contribution in [0.1, 0.15) is 37.3 Å². The van der Waals surface area contributed by atoms with E-state index in [9.17, 15) is 5.11 Å². The van der Waals surface area contributed by atoms with Gasteiger partial charge in [-0.2, -0.15) is 0 Å². The monoisotopic (exact) mass is 471 g/mol. The lowest BCUT2D eigenvalue weighted by molar-refractivity contribution is -0.223. The predicted octanol–water partition coefficient (Wildman–Crippen LogP) is 3.31. The zero-order chi connectivity index (χ0) is 24.4. The SMILES string of the molecule is Cc1ccccc1C1=CC=CC(OCCCNCCN(C)C)(OCCCN2CC[C@@H](O)C2)C1C. The molecule has 1 heterocycles. The van der Waals surface area contributed by atoms with Gasteiger partial charge in [-0.25, -0.2) is 0 Å². The lowest BCUT2D eigenvalue weighted by Gasteiger charge is -2.40. The van der Waals surface area contributed by atoms with Crippen LogP contribution < -0.4 is 5.32 Å². The van der Waals surface area contributed by atoms with Crippen LogP contribution in [0.2, 0.25) is 0 Å². The minimum absolute atomic E-state index is 0.0777. The summed E-state index contributed by atoms with van der Waals surface area (Å²) in [7, 11) is 4.18. The highest BCUT2D eigenvalue weighted by Crippen LogP contribution is 2.40. The van der Waals surface area contributed by atoms with Gasteiger partial charge in [-0.1, -0.05) is 43.3 Å². The highest BCUT2D eigenvalue weighted by atomic mass is 16.7. The van der Waals surface area contributed by atoms with Crippen molar-refractivity contribution in [2.24, 2.45) is 5.92 Å². The predicted molar refractivity (Wildman–Crippen MR) is 140 cm³/mol. The number of nitrogens with zero attached hydrogens (tertiary/aromatic N) is 2. The molecular weight excluding hydrogens is 426 g/mol. The molecule has 6 heteroatoms. The van der Waals surface area contributed by atoms with Crippen molar-refractivity contribution in [2.45, 2.75) is 45.0 Å². The fraction of sp³-hybridized carbons (Fsp3) is 0.643. The van der Waals surface area contributed by atoms with Gasteiger partial charge in [0.15, 0.2) is 5.79 Å². The van der Waals surface area contributed by atoms with Crippen LogP contribution in [0.4, 0.5) is 0 Å². The largest absolute Gasteiger partial charge is 0.392 e. The first-order chi connectivity index (χ1) is 16.4. The maximum Gasteiger partial charge on any atom is 0.194 e. The van der Waals surface area contributed by atoms with E-state index >= 15 is 0 Å². The summed E-state index contributed by atoms with van der Waals surface area (Å²) in [6.07, 6.45) is 8.95. The topological polar surface area (TPSA) is 57.2 Å². The second kappa shape index (κ2) is 13.5. The van der Waals surface area contributed by atoms with Gasteiger partial charge >= 0.3 is 0 Å². The summed E-state index contributed by atoms with van der Waals surface area (Å²) in [4.78, 5) is 4.50. The van der Waals surface area contributed by atoms with Crippen molar-refractivity contribution in [2.75, 3.05) is 66.6 Å². The molecule has 1 aromatic rings. The lowest BCUT2D eigenvalue weighted by Crippen LogP contribution is -2.43. The number of likely N-dealkylation sites (N-methyl/N-ethyl adjacent to an activating group) is 1. The van der Waals surface area contributed by atoms with Gasteiger partial charge in [-0.15, -0.1) is 0 Å². The van der Waals surface area contributed by atoms with Crippen LogP contribution in [-0.4, -0.2) is 93.4 Å². The molecule has 2 aliphatic rings. The fourth-order valence-corrected chi connectivity index (χ4v) is 4.79. The van der Waals surface area contributed by atoms with Crippen LogP contribution in [0.25, 0.3) is 5.57 Å². The first kappa shape index (κ1) is 27.1. The van der Waals surface area contributed by atoms with Gasteiger partial charge in [0.05, 0.1) is 19.3 Å². The van der Waals surface area contributed by atoms with Crippen LogP contribution >= 0.6 is 0 Å². The minimum Gasteiger partial charge on any atom is -0.392 e. The van der Waals surface area contributed by atoms with Crippen LogP contribution in [0.3, 0.4) is 0 Å². The van der Waals surface area contributed by atoms with Gasteiger partial charge in [0.25, 0.3) is 0 Å². The fourth-order valence-electron chi connectivity index (χ4n) is 4.79. The Morgan fingerprint density at radius 3 is 2.62 bits per heavy atom. The second-order valence-electron chi connectivity index (χ2n) is 9.94. The zero-order valence-corrected chi connectivity index (χ0v) is 21.6. The molecule has 34 heavy (non-hydrogen) atoms. The van der Waals surface area contributed by atoms with Crippen molar-refractivity contribution in [1.82, 2.24) is 15.1 Å². The molecule has 0 radical (unpaired) electrons. The molecule has 2 unspecified atom stereocenters. The van der Waals surface area contributed by atoms with Crippen LogP contribution in [-0.2, 0) is 9.47 Å². The quantitative estimate of drug-likeness (QED) is 0.321. The lowest BCUT2D eigenvalue weighted by atomic mass is 9.82. The Balaban J connectivity index is 1.59. The number of aliphatic hydroxyl groups excluding tert-OH is 1. The van der Waals surface area contributed by atoms with E-state index in [0.717, 1.165) is 58.5 Å². The second-order valence-corrected chi connectivity index (χ2v) is 9.94. The van der Waals surface area contributed by atoms with E-state index in [-0.39, 0.29) is 12.0 Å². The standard InChI is InChI=1S/C28H45N3O3/c1-23-10-5-6-11-26(23)27-12-7-14-28(24(27)2,33-20-8-15-29-16-19-30(3)4)34-21-9-17-31-18-13-25(32)22-31/h5-7,10-12,14,24-25,29,32H,8-9,13,15-22H2,1-4H3/t24?,25-,28?/m1/s1. The Hall–Kier alpha value is -1.54. The summed E-state index contributed by atoms with van der Waals surface area (Å²) in [6, 6.07) is 8.53. The Morgan fingerprint density at radius 1 is 1.15 bits per heavy atom. The first-order valence-corrected chi connectivity index (χ1v) is 12.9. The number of nitrogens with one attached hydrogen (secondary N) is 1. The van der Waals surface area contributed by atoms with Crippen molar-refractivity contribution in [3.8, 4) is 0 Å². The first-order valence-electron chi connectivity index (χ1n) is 12.9. The third-order valence-corrected chi connectivity index (χ3v) is 6.89. The van der Waals surface area contributed by atoms with Gasteiger partial charge in [0.1, 0.15) is 0 Å². The molecule has 2 N–H and O–H groups in total. The number of aryl methyl sites for hydroxylation is 1. The summed E-state index contributed by atoms with van der Waals surface area (Å²) in [5, 5.41) is 13.3. The highest BCUT2D eigenvalue weighted by molar-refractivity contribution is 5.73. The number of benzene rings is 1. The molecule has 0 aromatic heterocycles. The summed E-state index contributed by atoms with van der Waals surface area (Å²) >= 11 is 0. The normalized spacial score (nSPS) is 25.3. The van der Waals surface area contributed by atoms with Crippen molar-refractivity contribution in [1.29, 1.82) is 0 Å². The maximum absolute atomic E-state index is 9.78. The number of likely N-dealkylation sites (tertiary alicyclic amines) is 1. The highest BCUT2D eigenvalue weighted by Gasteiger charge is 2.40. The van der Waals surface area contributed by atoms with Gasteiger partial charge < -0.3 is 29.7 Å². The summed E-state index contributed by atoms with van der Waals surface area (Å²) in [5.74, 6) is -0.686. The van der Waals surface area contributed by atoms with Gasteiger partial charge in [-0.05, 0) is 69.6 Å². The average Bonchev–Trinajstić information content (AvgIpc) is 3.23. The molecule has 1 aromatic carbocycles. The van der Waals surface area contributed by atoms with Crippen molar-refractivity contribution >= 4 is 5.57 Å². The van der Waals surface area contributed by atoms with Gasteiger partial charge in [-0.3, -0.25) is 0 Å². The number of β-amino-alcohol motifs (C(OH)–C–C–N with tert-alkyl or cyclic N) is 1. The van der Waals surface area contributed by atoms with Crippen LogP contribution in [0.5, 0.6) is 0 Å². The minimum atomic E-state index is -0.763. The van der Waals surface area contributed by atoms with E-state index in [2.05, 4.69) is 85.6 Å². The number of hydrogen-bond donors (Lipinski definition) is 2. The summed E-state index contributed by atoms with van der Waals surface area (Å²) < 4.78 is 13.1. The van der Waals surface area contributed by atoms with Crippen molar-refractivity contribution in [3.05, 3.63) is 53.6 Å². The third kappa shape index (κ3) is 7.74. The molecule has 1 saturated heterocycles.